The fourth-order valence-electron chi connectivity index (χ4n) is 1.85. The molecule has 0 atom stereocenters. The topological polar surface area (TPSA) is 50.9 Å². The molecule has 0 aliphatic heterocycles. The highest BCUT2D eigenvalue weighted by Gasteiger charge is 2.36. The predicted octanol–water partition coefficient (Wildman–Crippen LogP) is 4.26. The highest BCUT2D eigenvalue weighted by Crippen LogP contribution is 2.41. The fraction of sp³-hybridized carbons (Fsp3) is 0.182. The summed E-state index contributed by atoms with van der Waals surface area (Å²) in [5.41, 5.74) is 1.39. The molecular formula is C11H8BrClF3N3. The van der Waals surface area contributed by atoms with E-state index in [4.69, 9.17) is 17.4 Å². The van der Waals surface area contributed by atoms with E-state index in [0.29, 0.717) is 9.86 Å². The summed E-state index contributed by atoms with van der Waals surface area (Å²) in [7, 11) is 0. The van der Waals surface area contributed by atoms with Gasteiger partial charge in [-0.3, -0.25) is 5.84 Å². The second-order valence-corrected chi connectivity index (χ2v) is 5.12. The minimum absolute atomic E-state index is 0.0434. The Bertz CT molecular complexity index is 658. The van der Waals surface area contributed by atoms with Crippen LogP contribution < -0.4 is 11.3 Å². The zero-order valence-electron chi connectivity index (χ0n) is 9.57. The normalized spacial score (nSPS) is 11.9. The van der Waals surface area contributed by atoms with E-state index < -0.39 is 11.9 Å². The average Bonchev–Trinajstić information content (AvgIpc) is 2.32. The van der Waals surface area contributed by atoms with Crippen LogP contribution >= 0.6 is 27.5 Å². The van der Waals surface area contributed by atoms with E-state index in [1.165, 1.54) is 13.0 Å². The molecule has 3 nitrogen and oxygen atoms in total. The number of nitrogens with one attached hydrogen (secondary N) is 1. The minimum Gasteiger partial charge on any atom is -0.323 e. The van der Waals surface area contributed by atoms with E-state index in [0.717, 1.165) is 0 Å². The lowest BCUT2D eigenvalue weighted by atomic mass is 10.1. The minimum atomic E-state index is -4.57. The Morgan fingerprint density at radius 3 is 2.53 bits per heavy atom. The first-order chi connectivity index (χ1) is 8.77. The van der Waals surface area contributed by atoms with Crippen LogP contribution in [0, 0.1) is 6.92 Å². The largest absolute Gasteiger partial charge is 0.433 e. The van der Waals surface area contributed by atoms with Gasteiger partial charge in [0.05, 0.1) is 16.2 Å². The van der Waals surface area contributed by atoms with Gasteiger partial charge >= 0.3 is 6.18 Å². The van der Waals surface area contributed by atoms with E-state index in [2.05, 4.69) is 26.3 Å². The number of alkyl halides is 3. The van der Waals surface area contributed by atoms with Gasteiger partial charge in [0.25, 0.3) is 0 Å². The molecule has 8 heteroatoms. The molecule has 0 spiro atoms. The summed E-state index contributed by atoms with van der Waals surface area (Å²) in [6.07, 6.45) is -4.57. The second kappa shape index (κ2) is 4.81. The van der Waals surface area contributed by atoms with Crippen LogP contribution in [-0.2, 0) is 6.18 Å². The van der Waals surface area contributed by atoms with Gasteiger partial charge in [0.2, 0.25) is 0 Å². The van der Waals surface area contributed by atoms with Crippen molar-refractivity contribution in [3.05, 3.63) is 32.9 Å². The highest BCUT2D eigenvalue weighted by molar-refractivity contribution is 9.10. The molecule has 1 aromatic heterocycles. The van der Waals surface area contributed by atoms with Gasteiger partial charge in [-0.05, 0) is 19.1 Å². The Balaban J connectivity index is 2.99. The average molecular weight is 355 g/mol. The first-order valence-corrected chi connectivity index (χ1v) is 6.26. The van der Waals surface area contributed by atoms with Crippen molar-refractivity contribution in [3.63, 3.8) is 0 Å². The number of nitrogens with two attached hydrogens (primary N) is 1. The van der Waals surface area contributed by atoms with E-state index >= 15 is 0 Å². The molecule has 0 bridgehead atoms. The molecular weight excluding hydrogens is 346 g/mol. The van der Waals surface area contributed by atoms with Crippen LogP contribution in [-0.4, -0.2) is 4.98 Å². The number of hydrazine groups is 1. The first kappa shape index (κ1) is 14.4. The monoisotopic (exact) mass is 353 g/mol. The SMILES string of the molecule is Cc1c(C(F)(F)F)nc2c(Cl)ccc(Br)c2c1NN. The fourth-order valence-corrected chi connectivity index (χ4v) is 2.56. The van der Waals surface area contributed by atoms with Crippen molar-refractivity contribution < 1.29 is 13.2 Å². The summed E-state index contributed by atoms with van der Waals surface area (Å²) in [6, 6.07) is 3.09. The van der Waals surface area contributed by atoms with Gasteiger partial charge in [0.15, 0.2) is 0 Å². The van der Waals surface area contributed by atoms with Gasteiger partial charge in [0.1, 0.15) is 5.69 Å². The van der Waals surface area contributed by atoms with Crippen molar-refractivity contribution in [2.75, 3.05) is 5.43 Å². The number of hydrogen-bond acceptors (Lipinski definition) is 3. The lowest BCUT2D eigenvalue weighted by molar-refractivity contribution is -0.141. The number of hydrogen-bond donors (Lipinski definition) is 2. The zero-order chi connectivity index (χ0) is 14.4. The van der Waals surface area contributed by atoms with Crippen molar-refractivity contribution in [3.8, 4) is 0 Å². The molecule has 2 rings (SSSR count). The predicted molar refractivity (Wildman–Crippen MR) is 72.0 cm³/mol. The van der Waals surface area contributed by atoms with Crippen LogP contribution in [0.15, 0.2) is 16.6 Å². The lowest BCUT2D eigenvalue weighted by Crippen LogP contribution is -2.16. The molecule has 0 fully saturated rings. The van der Waals surface area contributed by atoms with Gasteiger partial charge in [-0.1, -0.05) is 27.5 Å². The third-order valence-corrected chi connectivity index (χ3v) is 3.66. The van der Waals surface area contributed by atoms with Gasteiger partial charge < -0.3 is 5.43 Å². The summed E-state index contributed by atoms with van der Waals surface area (Å²) in [4.78, 5) is 3.63. The summed E-state index contributed by atoms with van der Waals surface area (Å²) >= 11 is 9.17. The van der Waals surface area contributed by atoms with Crippen LogP contribution in [0.3, 0.4) is 0 Å². The quantitative estimate of drug-likeness (QED) is 0.594. The maximum atomic E-state index is 12.9. The molecule has 0 unspecified atom stereocenters. The van der Waals surface area contributed by atoms with Crippen molar-refractivity contribution in [2.45, 2.75) is 13.1 Å². The maximum absolute atomic E-state index is 12.9. The summed E-state index contributed by atoms with van der Waals surface area (Å²) in [5, 5.41) is 0.542. The summed E-state index contributed by atoms with van der Waals surface area (Å²) < 4.78 is 39.4. The Morgan fingerprint density at radius 1 is 1.37 bits per heavy atom. The number of aromatic nitrogens is 1. The number of anilines is 1. The van der Waals surface area contributed by atoms with Gasteiger partial charge in [-0.15, -0.1) is 0 Å². The maximum Gasteiger partial charge on any atom is 0.433 e. The number of benzene rings is 1. The Labute approximate surface area is 120 Å². The van der Waals surface area contributed by atoms with Crippen LogP contribution in [0.5, 0.6) is 0 Å². The van der Waals surface area contributed by atoms with E-state index in [1.807, 2.05) is 0 Å². The Kier molecular flexibility index (Phi) is 3.63. The highest BCUT2D eigenvalue weighted by atomic mass is 79.9. The molecule has 0 radical (unpaired) electrons. The molecule has 3 N–H and O–H groups in total. The second-order valence-electron chi connectivity index (χ2n) is 3.86. The molecule has 0 aliphatic carbocycles. The third kappa shape index (κ3) is 2.37. The molecule has 102 valence electrons. The smallest absolute Gasteiger partial charge is 0.323 e. The molecule has 1 aromatic carbocycles. The van der Waals surface area contributed by atoms with Crippen molar-refractivity contribution in [1.82, 2.24) is 4.98 Å². The van der Waals surface area contributed by atoms with Crippen molar-refractivity contribution in [2.24, 2.45) is 5.84 Å². The molecule has 0 saturated heterocycles. The van der Waals surface area contributed by atoms with Gasteiger partial charge in [-0.2, -0.15) is 13.2 Å². The summed E-state index contributed by atoms with van der Waals surface area (Å²) in [6.45, 7) is 1.30. The van der Waals surface area contributed by atoms with E-state index in [-0.39, 0.29) is 21.8 Å². The molecule has 19 heavy (non-hydrogen) atoms. The van der Waals surface area contributed by atoms with Crippen molar-refractivity contribution in [1.29, 1.82) is 0 Å². The van der Waals surface area contributed by atoms with Crippen LogP contribution in [0.1, 0.15) is 11.3 Å². The molecule has 0 aliphatic rings. The van der Waals surface area contributed by atoms with E-state index in [9.17, 15) is 13.2 Å². The Hall–Kier alpha value is -1.05. The number of rotatable bonds is 1. The zero-order valence-corrected chi connectivity index (χ0v) is 11.9. The number of halogens is 5. The molecule has 2 aromatic rings. The number of fused-ring (bicyclic) bond motifs is 1. The van der Waals surface area contributed by atoms with Crippen LogP contribution in [0.4, 0.5) is 18.9 Å². The standard InChI is InChI=1S/C11H8BrClF3N3/c1-4-8(19-17)7-5(12)2-3-6(13)9(7)18-10(4)11(14,15)16/h2-3H,17H2,1H3,(H,18,19). The van der Waals surface area contributed by atoms with Crippen LogP contribution in [0.2, 0.25) is 5.02 Å². The first-order valence-electron chi connectivity index (χ1n) is 5.09. The molecule has 0 saturated carbocycles. The molecule has 1 heterocycles. The number of nitrogen functional groups attached to an aromatic ring is 1. The summed E-state index contributed by atoms with van der Waals surface area (Å²) in [5.74, 6) is 5.34. The molecule has 0 amide bonds. The van der Waals surface area contributed by atoms with Crippen molar-refractivity contribution >= 4 is 44.1 Å². The lowest BCUT2D eigenvalue weighted by Gasteiger charge is -2.17. The van der Waals surface area contributed by atoms with Crippen LogP contribution in [0.25, 0.3) is 10.9 Å². The third-order valence-electron chi connectivity index (χ3n) is 2.69. The number of pyridine rings is 1. The van der Waals surface area contributed by atoms with Gasteiger partial charge in [-0.25, -0.2) is 4.98 Å². The van der Waals surface area contributed by atoms with Gasteiger partial charge in [0, 0.05) is 15.4 Å². The number of nitrogens with zero attached hydrogens (tertiary/aromatic N) is 1. The Morgan fingerprint density at radius 2 is 2.00 bits per heavy atom. The van der Waals surface area contributed by atoms with E-state index in [1.54, 1.807) is 6.07 Å².